The molecule has 1 fully saturated rings. The zero-order valence-electron chi connectivity index (χ0n) is 10.0. The van der Waals surface area contributed by atoms with E-state index in [2.05, 4.69) is 10.2 Å². The van der Waals surface area contributed by atoms with Crippen LogP contribution in [0.2, 0.25) is 0 Å². The Morgan fingerprint density at radius 2 is 1.94 bits per heavy atom. The Balaban J connectivity index is 1.96. The van der Waals surface area contributed by atoms with Gasteiger partial charge in [-0.2, -0.15) is 4.31 Å². The first-order chi connectivity index (χ1) is 8.50. The van der Waals surface area contributed by atoms with Gasteiger partial charge in [-0.25, -0.2) is 8.42 Å². The Hall–Kier alpha value is -0.860. The Morgan fingerprint density at radius 3 is 2.50 bits per heavy atom. The van der Waals surface area contributed by atoms with Crippen LogP contribution < -0.4 is 4.90 Å². The second kappa shape index (κ2) is 5.41. The third kappa shape index (κ3) is 3.12. The topological polar surface area (TPSA) is 79.5 Å². The minimum absolute atomic E-state index is 0.434. The van der Waals surface area contributed by atoms with Crippen molar-refractivity contribution < 1.29 is 12.8 Å². The molecular weight excluding hydrogens is 280 g/mol. The number of anilines is 1. The van der Waals surface area contributed by atoms with Crippen molar-refractivity contribution in [2.45, 2.75) is 6.42 Å². The minimum Gasteiger partial charge on any atom is -0.408 e. The Kier molecular flexibility index (Phi) is 4.08. The summed E-state index contributed by atoms with van der Waals surface area (Å²) in [5.74, 6) is 0.939. The van der Waals surface area contributed by atoms with E-state index in [-0.39, 0.29) is 0 Å². The summed E-state index contributed by atoms with van der Waals surface area (Å²) in [5, 5.41) is 7.80. The molecule has 0 N–H and O–H groups in total. The first kappa shape index (κ1) is 13.6. The summed E-state index contributed by atoms with van der Waals surface area (Å²) < 4.78 is 29.6. The third-order valence-corrected chi connectivity index (χ3v) is 4.23. The lowest BCUT2D eigenvalue weighted by atomic mass is 10.4. The van der Waals surface area contributed by atoms with Crippen LogP contribution in [0.15, 0.2) is 4.42 Å². The molecule has 0 unspecified atom stereocenters. The van der Waals surface area contributed by atoms with Crippen LogP contribution in [0.25, 0.3) is 0 Å². The van der Waals surface area contributed by atoms with Crippen LogP contribution >= 0.6 is 11.6 Å². The maximum absolute atomic E-state index is 11.4. The molecule has 18 heavy (non-hydrogen) atoms. The van der Waals surface area contributed by atoms with Crippen LogP contribution in [0.3, 0.4) is 0 Å². The second-order valence-electron chi connectivity index (χ2n) is 4.07. The van der Waals surface area contributed by atoms with Gasteiger partial charge in [0, 0.05) is 38.5 Å². The summed E-state index contributed by atoms with van der Waals surface area (Å²) in [7, 11) is -3.11. The van der Waals surface area contributed by atoms with Gasteiger partial charge >= 0.3 is 6.01 Å². The number of alkyl halides is 1. The average Bonchev–Trinajstić information content (AvgIpc) is 2.77. The number of nitrogens with zero attached hydrogens (tertiary/aromatic N) is 4. The maximum Gasteiger partial charge on any atom is 0.318 e. The van der Waals surface area contributed by atoms with Gasteiger partial charge in [0.15, 0.2) is 0 Å². The summed E-state index contributed by atoms with van der Waals surface area (Å²) in [5.41, 5.74) is 0. The molecule has 0 radical (unpaired) electrons. The molecule has 102 valence electrons. The number of hydrogen-bond donors (Lipinski definition) is 0. The fourth-order valence-electron chi connectivity index (χ4n) is 1.77. The molecular formula is C9H15ClN4O3S. The summed E-state index contributed by atoms with van der Waals surface area (Å²) in [4.78, 5) is 1.88. The standard InChI is InChI=1S/C9H15ClN4O3S/c1-18(15,16)14-6-4-13(5-7-14)9-12-11-8(17-9)2-3-10/h2-7H2,1H3. The fraction of sp³-hybridized carbons (Fsp3) is 0.778. The summed E-state index contributed by atoms with van der Waals surface area (Å²) in [6.07, 6.45) is 1.76. The summed E-state index contributed by atoms with van der Waals surface area (Å²) in [6.45, 7) is 1.98. The lowest BCUT2D eigenvalue weighted by Gasteiger charge is -2.31. The van der Waals surface area contributed by atoms with Crippen molar-refractivity contribution in [3.05, 3.63) is 5.89 Å². The zero-order chi connectivity index (χ0) is 13.2. The molecule has 0 atom stereocenters. The van der Waals surface area contributed by atoms with E-state index < -0.39 is 10.0 Å². The van der Waals surface area contributed by atoms with Crippen molar-refractivity contribution in [3.8, 4) is 0 Å². The third-order valence-electron chi connectivity index (χ3n) is 2.74. The van der Waals surface area contributed by atoms with Crippen molar-refractivity contribution in [3.63, 3.8) is 0 Å². The molecule has 9 heteroatoms. The van der Waals surface area contributed by atoms with Gasteiger partial charge < -0.3 is 9.32 Å². The first-order valence-corrected chi connectivity index (χ1v) is 7.97. The number of halogens is 1. The SMILES string of the molecule is CS(=O)(=O)N1CCN(c2nnc(CCCl)o2)CC1. The van der Waals surface area contributed by atoms with Crippen molar-refractivity contribution in [2.24, 2.45) is 0 Å². The van der Waals surface area contributed by atoms with Gasteiger partial charge in [0.05, 0.1) is 6.26 Å². The maximum atomic E-state index is 11.4. The molecule has 1 aromatic rings. The molecule has 0 spiro atoms. The molecule has 2 heterocycles. The van der Waals surface area contributed by atoms with Gasteiger partial charge in [-0.15, -0.1) is 16.7 Å². The van der Waals surface area contributed by atoms with Gasteiger partial charge in [-0.3, -0.25) is 0 Å². The van der Waals surface area contributed by atoms with Crippen LogP contribution in [0.4, 0.5) is 6.01 Å². The van der Waals surface area contributed by atoms with Crippen LogP contribution in [-0.4, -0.2) is 61.2 Å². The molecule has 0 aromatic carbocycles. The van der Waals surface area contributed by atoms with Crippen LogP contribution in [-0.2, 0) is 16.4 Å². The lowest BCUT2D eigenvalue weighted by Crippen LogP contribution is -2.48. The van der Waals surface area contributed by atoms with E-state index in [0.29, 0.717) is 50.4 Å². The highest BCUT2D eigenvalue weighted by Crippen LogP contribution is 2.16. The largest absolute Gasteiger partial charge is 0.408 e. The van der Waals surface area contributed by atoms with Gasteiger partial charge in [-0.05, 0) is 0 Å². The molecule has 0 amide bonds. The quantitative estimate of drug-likeness (QED) is 0.724. The van der Waals surface area contributed by atoms with E-state index in [1.165, 1.54) is 10.6 Å². The number of hydrogen-bond acceptors (Lipinski definition) is 6. The predicted octanol–water partition coefficient (Wildman–Crippen LogP) is -0.0675. The van der Waals surface area contributed by atoms with Crippen molar-refractivity contribution in [2.75, 3.05) is 43.2 Å². The van der Waals surface area contributed by atoms with E-state index in [4.69, 9.17) is 16.0 Å². The molecule has 1 aromatic heterocycles. The molecule has 0 bridgehead atoms. The average molecular weight is 295 g/mol. The zero-order valence-corrected chi connectivity index (χ0v) is 11.6. The Bertz CT molecular complexity index is 496. The van der Waals surface area contributed by atoms with E-state index in [1.807, 2.05) is 4.90 Å². The summed E-state index contributed by atoms with van der Waals surface area (Å²) >= 11 is 5.59. The highest BCUT2D eigenvalue weighted by Gasteiger charge is 2.25. The van der Waals surface area contributed by atoms with E-state index in [1.54, 1.807) is 0 Å². The molecule has 1 aliphatic heterocycles. The van der Waals surface area contributed by atoms with Gasteiger partial charge in [-0.1, -0.05) is 5.10 Å². The number of piperazine rings is 1. The molecule has 2 rings (SSSR count). The van der Waals surface area contributed by atoms with Crippen molar-refractivity contribution in [1.29, 1.82) is 0 Å². The van der Waals surface area contributed by atoms with Crippen LogP contribution in [0.5, 0.6) is 0 Å². The Morgan fingerprint density at radius 1 is 1.28 bits per heavy atom. The number of rotatable bonds is 4. The Labute approximate surface area is 111 Å². The highest BCUT2D eigenvalue weighted by atomic mass is 35.5. The van der Waals surface area contributed by atoms with Crippen molar-refractivity contribution in [1.82, 2.24) is 14.5 Å². The molecule has 0 saturated carbocycles. The van der Waals surface area contributed by atoms with Crippen LogP contribution in [0.1, 0.15) is 5.89 Å². The van der Waals surface area contributed by atoms with E-state index in [0.717, 1.165) is 0 Å². The highest BCUT2D eigenvalue weighted by molar-refractivity contribution is 7.88. The molecule has 1 saturated heterocycles. The predicted molar refractivity (Wildman–Crippen MR) is 67.4 cm³/mol. The van der Waals surface area contributed by atoms with Gasteiger partial charge in [0.1, 0.15) is 0 Å². The van der Waals surface area contributed by atoms with Gasteiger partial charge in [0.25, 0.3) is 0 Å². The van der Waals surface area contributed by atoms with Gasteiger partial charge in [0.2, 0.25) is 15.9 Å². The minimum atomic E-state index is -3.11. The molecule has 7 nitrogen and oxygen atoms in total. The fourth-order valence-corrected chi connectivity index (χ4v) is 2.75. The van der Waals surface area contributed by atoms with E-state index in [9.17, 15) is 8.42 Å². The first-order valence-electron chi connectivity index (χ1n) is 5.59. The molecule has 1 aliphatic rings. The second-order valence-corrected chi connectivity index (χ2v) is 6.43. The van der Waals surface area contributed by atoms with E-state index >= 15 is 0 Å². The van der Waals surface area contributed by atoms with Crippen LogP contribution in [0, 0.1) is 0 Å². The number of aryl methyl sites for hydroxylation is 1. The monoisotopic (exact) mass is 294 g/mol. The smallest absolute Gasteiger partial charge is 0.318 e. The number of sulfonamides is 1. The number of aromatic nitrogens is 2. The normalized spacial score (nSPS) is 18.2. The molecule has 0 aliphatic carbocycles. The summed E-state index contributed by atoms with van der Waals surface area (Å²) in [6, 6.07) is 0.434. The van der Waals surface area contributed by atoms with Crippen molar-refractivity contribution >= 4 is 27.6 Å². The lowest BCUT2D eigenvalue weighted by molar-refractivity contribution is 0.371.